The number of aromatic nitrogens is 2. The summed E-state index contributed by atoms with van der Waals surface area (Å²) in [6.07, 6.45) is 0.634. The van der Waals surface area contributed by atoms with Crippen LogP contribution in [0.5, 0.6) is 0 Å². The molecule has 2 heterocycles. The van der Waals surface area contributed by atoms with Gasteiger partial charge in [0.05, 0.1) is 11.5 Å². The third-order valence-corrected chi connectivity index (χ3v) is 5.06. The van der Waals surface area contributed by atoms with Crippen molar-refractivity contribution in [1.82, 2.24) is 14.9 Å². The quantitative estimate of drug-likeness (QED) is 0.784. The Morgan fingerprint density at radius 3 is 2.67 bits per heavy atom. The molecule has 1 unspecified atom stereocenters. The topological polar surface area (TPSA) is 87.2 Å². The van der Waals surface area contributed by atoms with Crippen molar-refractivity contribution in [1.29, 1.82) is 0 Å². The molecule has 0 aromatic carbocycles. The molecule has 7 nitrogen and oxygen atoms in total. The number of hydrogen-bond acceptors (Lipinski definition) is 7. The van der Waals surface area contributed by atoms with Crippen molar-refractivity contribution < 1.29 is 8.42 Å². The van der Waals surface area contributed by atoms with Crippen LogP contribution in [0.25, 0.3) is 0 Å². The Morgan fingerprint density at radius 1 is 1.33 bits per heavy atom. The third kappa shape index (κ3) is 5.13. The smallest absolute Gasteiger partial charge is 0.152 e. The molecule has 0 bridgehead atoms. The zero-order valence-corrected chi connectivity index (χ0v) is 13.6. The predicted molar refractivity (Wildman–Crippen MR) is 84.5 cm³/mol. The van der Waals surface area contributed by atoms with E-state index in [1.165, 1.54) is 0 Å². The number of likely N-dealkylation sites (N-methyl/N-ethyl adjacent to an activating group) is 1. The summed E-state index contributed by atoms with van der Waals surface area (Å²) in [6, 6.07) is 1.77. The second-order valence-electron chi connectivity index (χ2n) is 5.66. The molecular weight excluding hydrogens is 290 g/mol. The van der Waals surface area contributed by atoms with Crippen LogP contribution in [0, 0.1) is 6.92 Å². The van der Waals surface area contributed by atoms with Crippen molar-refractivity contribution in [3.8, 4) is 0 Å². The van der Waals surface area contributed by atoms with Gasteiger partial charge in [-0.15, -0.1) is 0 Å². The van der Waals surface area contributed by atoms with E-state index >= 15 is 0 Å². The normalized spacial score (nSPS) is 20.7. The number of nitrogens with one attached hydrogen (secondary N) is 2. The van der Waals surface area contributed by atoms with Crippen LogP contribution in [0.3, 0.4) is 0 Å². The summed E-state index contributed by atoms with van der Waals surface area (Å²) in [5.41, 5.74) is 0. The van der Waals surface area contributed by atoms with Crippen molar-refractivity contribution in [2.45, 2.75) is 19.4 Å². The molecule has 1 aliphatic rings. The van der Waals surface area contributed by atoms with Crippen molar-refractivity contribution in [2.24, 2.45) is 0 Å². The molecule has 1 aromatic heterocycles. The van der Waals surface area contributed by atoms with Gasteiger partial charge >= 0.3 is 0 Å². The number of rotatable bonds is 6. The van der Waals surface area contributed by atoms with E-state index < -0.39 is 9.84 Å². The van der Waals surface area contributed by atoms with Crippen LogP contribution in [0.15, 0.2) is 6.07 Å². The molecule has 0 aliphatic carbocycles. The van der Waals surface area contributed by atoms with Crippen LogP contribution >= 0.6 is 0 Å². The van der Waals surface area contributed by atoms with Crippen LogP contribution < -0.4 is 10.6 Å². The second-order valence-corrected chi connectivity index (χ2v) is 7.89. The van der Waals surface area contributed by atoms with Gasteiger partial charge in [-0.1, -0.05) is 0 Å². The van der Waals surface area contributed by atoms with Gasteiger partial charge in [0.2, 0.25) is 0 Å². The predicted octanol–water partition coefficient (Wildman–Crippen LogP) is 0.358. The van der Waals surface area contributed by atoms with E-state index in [1.54, 1.807) is 0 Å². The third-order valence-electron chi connectivity index (χ3n) is 3.29. The van der Waals surface area contributed by atoms with Crippen LogP contribution in [0.2, 0.25) is 0 Å². The molecule has 2 rings (SSSR count). The summed E-state index contributed by atoms with van der Waals surface area (Å²) in [5, 5.41) is 6.44. The molecule has 1 aliphatic heterocycles. The molecule has 1 atom stereocenters. The number of sulfone groups is 1. The summed E-state index contributed by atoms with van der Waals surface area (Å²) in [5.74, 6) is 2.53. The van der Waals surface area contributed by atoms with E-state index in [1.807, 2.05) is 27.1 Å². The molecule has 0 amide bonds. The van der Waals surface area contributed by atoms with Crippen molar-refractivity contribution in [3.05, 3.63) is 11.9 Å². The van der Waals surface area contributed by atoms with Crippen LogP contribution in [-0.4, -0.2) is 68.0 Å². The summed E-state index contributed by atoms with van der Waals surface area (Å²) >= 11 is 0. The number of nitrogens with zero attached hydrogens (tertiary/aromatic N) is 3. The van der Waals surface area contributed by atoms with Gasteiger partial charge in [-0.3, -0.25) is 0 Å². The van der Waals surface area contributed by atoms with Gasteiger partial charge in [0, 0.05) is 25.2 Å². The lowest BCUT2D eigenvalue weighted by atomic mass is 10.2. The lowest BCUT2D eigenvalue weighted by molar-refractivity contribution is 0.425. The fourth-order valence-electron chi connectivity index (χ4n) is 2.26. The van der Waals surface area contributed by atoms with Crippen molar-refractivity contribution in [3.63, 3.8) is 0 Å². The second kappa shape index (κ2) is 6.57. The highest BCUT2D eigenvalue weighted by Crippen LogP contribution is 2.18. The van der Waals surface area contributed by atoms with E-state index in [0.29, 0.717) is 18.1 Å². The highest BCUT2D eigenvalue weighted by Gasteiger charge is 2.28. The average Bonchev–Trinajstić information content (AvgIpc) is 2.67. The molecule has 8 heteroatoms. The van der Waals surface area contributed by atoms with Gasteiger partial charge in [-0.05, 0) is 27.4 Å². The molecule has 1 saturated heterocycles. The van der Waals surface area contributed by atoms with E-state index in [9.17, 15) is 8.42 Å². The monoisotopic (exact) mass is 313 g/mol. The molecule has 0 spiro atoms. The molecular formula is C13H23N5O2S. The highest BCUT2D eigenvalue weighted by molar-refractivity contribution is 7.91. The molecule has 0 radical (unpaired) electrons. The number of hydrogen-bond donors (Lipinski definition) is 2. The van der Waals surface area contributed by atoms with Gasteiger partial charge < -0.3 is 15.5 Å². The van der Waals surface area contributed by atoms with Crippen LogP contribution in [0.1, 0.15) is 12.2 Å². The summed E-state index contributed by atoms with van der Waals surface area (Å²) in [7, 11) is 1.14. The lowest BCUT2D eigenvalue weighted by Crippen LogP contribution is -2.23. The van der Waals surface area contributed by atoms with Gasteiger partial charge in [0.25, 0.3) is 0 Å². The van der Waals surface area contributed by atoms with E-state index in [-0.39, 0.29) is 17.5 Å². The van der Waals surface area contributed by atoms with Crippen LogP contribution in [-0.2, 0) is 9.84 Å². The lowest BCUT2D eigenvalue weighted by Gasteiger charge is -2.14. The number of aryl methyl sites for hydroxylation is 1. The molecule has 2 N–H and O–H groups in total. The van der Waals surface area contributed by atoms with Gasteiger partial charge in [0.1, 0.15) is 17.5 Å². The van der Waals surface area contributed by atoms with Crippen molar-refractivity contribution >= 4 is 21.5 Å². The van der Waals surface area contributed by atoms with E-state index in [4.69, 9.17) is 0 Å². The molecule has 1 fully saturated rings. The minimum absolute atomic E-state index is 0.0566. The maximum absolute atomic E-state index is 11.5. The minimum atomic E-state index is -2.89. The Hall–Kier alpha value is -1.41. The van der Waals surface area contributed by atoms with Crippen molar-refractivity contribution in [2.75, 3.05) is 49.3 Å². The fourth-order valence-corrected chi connectivity index (χ4v) is 3.93. The Balaban J connectivity index is 1.98. The zero-order valence-electron chi connectivity index (χ0n) is 12.8. The number of anilines is 2. The Morgan fingerprint density at radius 2 is 2.05 bits per heavy atom. The Labute approximate surface area is 126 Å². The Bertz CT molecular complexity index is 588. The molecule has 1 aromatic rings. The fraction of sp³-hybridized carbons (Fsp3) is 0.692. The van der Waals surface area contributed by atoms with E-state index in [0.717, 1.165) is 18.9 Å². The van der Waals surface area contributed by atoms with E-state index in [2.05, 4.69) is 25.5 Å². The standard InChI is InChI=1S/C13H23N5O2S/c1-10-15-12(14-5-6-18(2)3)8-13(16-10)17-11-4-7-21(19,20)9-11/h8,11H,4-7,9H2,1-3H3,(H2,14,15,16,17). The minimum Gasteiger partial charge on any atom is -0.369 e. The van der Waals surface area contributed by atoms with Gasteiger partial charge in [-0.2, -0.15) is 0 Å². The zero-order chi connectivity index (χ0) is 15.5. The first kappa shape index (κ1) is 16.0. The molecule has 118 valence electrons. The average molecular weight is 313 g/mol. The first-order valence-electron chi connectivity index (χ1n) is 7.05. The first-order chi connectivity index (χ1) is 9.84. The maximum atomic E-state index is 11.5. The largest absolute Gasteiger partial charge is 0.369 e. The van der Waals surface area contributed by atoms with Crippen LogP contribution in [0.4, 0.5) is 11.6 Å². The maximum Gasteiger partial charge on any atom is 0.152 e. The summed E-state index contributed by atoms with van der Waals surface area (Å²) < 4.78 is 23.0. The molecule has 0 saturated carbocycles. The van der Waals surface area contributed by atoms with Gasteiger partial charge in [0.15, 0.2) is 9.84 Å². The summed E-state index contributed by atoms with van der Waals surface area (Å²) in [6.45, 7) is 3.53. The molecule has 21 heavy (non-hydrogen) atoms. The first-order valence-corrected chi connectivity index (χ1v) is 8.87. The Kier molecular flexibility index (Phi) is 5.00. The van der Waals surface area contributed by atoms with Gasteiger partial charge in [-0.25, -0.2) is 18.4 Å². The summed E-state index contributed by atoms with van der Waals surface area (Å²) in [4.78, 5) is 10.7. The highest BCUT2D eigenvalue weighted by atomic mass is 32.2. The SMILES string of the molecule is Cc1nc(NCCN(C)C)cc(NC2CCS(=O)(=O)C2)n1.